The van der Waals surface area contributed by atoms with Crippen molar-refractivity contribution in [3.05, 3.63) is 46.6 Å². The van der Waals surface area contributed by atoms with Gasteiger partial charge >= 0.3 is 5.97 Å². The molecule has 0 N–H and O–H groups in total. The zero-order valence-electron chi connectivity index (χ0n) is 19.0. The number of esters is 1. The van der Waals surface area contributed by atoms with E-state index in [0.717, 1.165) is 32.1 Å². The smallest absolute Gasteiger partial charge is 0.337 e. The Morgan fingerprint density at radius 2 is 1.50 bits per heavy atom. The van der Waals surface area contributed by atoms with E-state index in [-0.39, 0.29) is 17.9 Å². The molecular formula is C25H39NO2. The molecule has 3 heteroatoms. The molecule has 0 aromatic carbocycles. The van der Waals surface area contributed by atoms with Crippen molar-refractivity contribution in [2.75, 3.05) is 0 Å². The van der Waals surface area contributed by atoms with Gasteiger partial charge in [0.25, 0.3) is 0 Å². The summed E-state index contributed by atoms with van der Waals surface area (Å²) >= 11 is 0. The van der Waals surface area contributed by atoms with Crippen LogP contribution in [0.4, 0.5) is 0 Å². The number of allylic oxidation sites excluding steroid dienone is 7. The molecule has 0 aliphatic carbocycles. The summed E-state index contributed by atoms with van der Waals surface area (Å²) in [6.45, 7) is 14.8. The van der Waals surface area contributed by atoms with Gasteiger partial charge in [-0.05, 0) is 72.6 Å². The third-order valence-corrected chi connectivity index (χ3v) is 4.86. The summed E-state index contributed by atoms with van der Waals surface area (Å²) in [4.78, 5) is 16.2. The first kappa shape index (κ1) is 24.1. The summed E-state index contributed by atoms with van der Waals surface area (Å²) < 4.78 is 5.29. The van der Waals surface area contributed by atoms with E-state index in [1.807, 2.05) is 13.8 Å². The van der Waals surface area contributed by atoms with Gasteiger partial charge in [0.15, 0.2) is 11.9 Å². The van der Waals surface area contributed by atoms with Crippen molar-refractivity contribution in [1.29, 1.82) is 0 Å². The minimum absolute atomic E-state index is 0.185. The largest absolute Gasteiger partial charge is 0.410 e. The number of nitrogens with zero attached hydrogens (tertiary/aromatic N) is 1. The average molecular weight is 386 g/mol. The zero-order valence-corrected chi connectivity index (χ0v) is 19.0. The lowest BCUT2D eigenvalue weighted by Crippen LogP contribution is -2.20. The van der Waals surface area contributed by atoms with Crippen LogP contribution < -0.4 is 0 Å². The molecule has 0 fully saturated rings. The van der Waals surface area contributed by atoms with Crippen LogP contribution in [0, 0.1) is 5.92 Å². The maximum Gasteiger partial charge on any atom is 0.337 e. The highest BCUT2D eigenvalue weighted by Crippen LogP contribution is 2.19. The van der Waals surface area contributed by atoms with Gasteiger partial charge in [-0.25, -0.2) is 9.79 Å². The Morgan fingerprint density at radius 1 is 0.929 bits per heavy atom. The fraction of sp³-hybridized carbons (Fsp3) is 0.600. The molecule has 0 spiro atoms. The lowest BCUT2D eigenvalue weighted by atomic mass is 10.1. The van der Waals surface area contributed by atoms with Crippen molar-refractivity contribution in [3.63, 3.8) is 0 Å². The van der Waals surface area contributed by atoms with Crippen LogP contribution in [0.1, 0.15) is 87.0 Å². The van der Waals surface area contributed by atoms with E-state index >= 15 is 0 Å². The Balaban J connectivity index is 2.37. The minimum atomic E-state index is -0.330. The monoisotopic (exact) mass is 385 g/mol. The molecule has 0 aromatic rings. The van der Waals surface area contributed by atoms with Gasteiger partial charge in [0, 0.05) is 6.42 Å². The number of cyclic esters (lactones) is 1. The summed E-state index contributed by atoms with van der Waals surface area (Å²) in [6, 6.07) is -0.330. The molecule has 0 saturated heterocycles. The van der Waals surface area contributed by atoms with Crippen molar-refractivity contribution in [2.45, 2.75) is 93.0 Å². The second kappa shape index (κ2) is 12.5. The third kappa shape index (κ3) is 9.87. The normalized spacial score (nSPS) is 18.4. The first-order valence-corrected chi connectivity index (χ1v) is 10.6. The maximum absolute atomic E-state index is 11.8. The molecule has 1 aliphatic rings. The maximum atomic E-state index is 11.8. The lowest BCUT2D eigenvalue weighted by molar-refractivity contribution is -0.135. The van der Waals surface area contributed by atoms with E-state index in [2.05, 4.69) is 63.9 Å². The summed E-state index contributed by atoms with van der Waals surface area (Å²) in [5, 5.41) is 0. The van der Waals surface area contributed by atoms with E-state index in [1.54, 1.807) is 0 Å². The van der Waals surface area contributed by atoms with Crippen molar-refractivity contribution < 1.29 is 9.53 Å². The SMILES string of the molecule is CC(C)=CCCC(C)=CCCC(C)=CC/C=C(\C)CC1=N[C@@H](C(C)C)C(=O)O1. The molecule has 0 radical (unpaired) electrons. The molecule has 0 bridgehead atoms. The zero-order chi connectivity index (χ0) is 21.1. The highest BCUT2D eigenvalue weighted by Gasteiger charge is 2.31. The van der Waals surface area contributed by atoms with Gasteiger partial charge in [0.1, 0.15) is 0 Å². The van der Waals surface area contributed by atoms with Crippen LogP contribution in [0.2, 0.25) is 0 Å². The molecule has 1 rings (SSSR count). The molecule has 0 aromatic heterocycles. The van der Waals surface area contributed by atoms with E-state index in [4.69, 9.17) is 4.74 Å². The number of aliphatic imine (C=N–C) groups is 1. The molecule has 0 amide bonds. The molecule has 156 valence electrons. The van der Waals surface area contributed by atoms with Crippen LogP contribution in [-0.2, 0) is 9.53 Å². The van der Waals surface area contributed by atoms with Crippen LogP contribution in [-0.4, -0.2) is 17.9 Å². The Hall–Kier alpha value is -1.90. The van der Waals surface area contributed by atoms with Crippen molar-refractivity contribution in [1.82, 2.24) is 0 Å². The third-order valence-electron chi connectivity index (χ3n) is 4.86. The first-order valence-electron chi connectivity index (χ1n) is 10.6. The predicted molar refractivity (Wildman–Crippen MR) is 121 cm³/mol. The number of hydrogen-bond acceptors (Lipinski definition) is 3. The van der Waals surface area contributed by atoms with Crippen molar-refractivity contribution in [3.8, 4) is 0 Å². The molecule has 0 unspecified atom stereocenters. The molecular weight excluding hydrogens is 346 g/mol. The fourth-order valence-electron chi connectivity index (χ4n) is 3.02. The molecule has 3 nitrogen and oxygen atoms in total. The lowest BCUT2D eigenvalue weighted by Gasteiger charge is -2.04. The van der Waals surface area contributed by atoms with E-state index < -0.39 is 0 Å². The van der Waals surface area contributed by atoms with Gasteiger partial charge in [-0.15, -0.1) is 0 Å². The number of rotatable bonds is 11. The van der Waals surface area contributed by atoms with Gasteiger partial charge < -0.3 is 4.74 Å². The Morgan fingerprint density at radius 3 is 2.07 bits per heavy atom. The summed E-state index contributed by atoms with van der Waals surface area (Å²) in [5.41, 5.74) is 5.48. The second-order valence-corrected chi connectivity index (χ2v) is 8.56. The van der Waals surface area contributed by atoms with Crippen molar-refractivity contribution in [2.24, 2.45) is 10.9 Å². The molecule has 28 heavy (non-hydrogen) atoms. The quantitative estimate of drug-likeness (QED) is 0.281. The highest BCUT2D eigenvalue weighted by molar-refractivity contribution is 5.98. The van der Waals surface area contributed by atoms with Crippen molar-refractivity contribution >= 4 is 11.9 Å². The van der Waals surface area contributed by atoms with Gasteiger partial charge in [0.2, 0.25) is 0 Å². The number of hydrogen-bond donors (Lipinski definition) is 0. The molecule has 0 saturated carbocycles. The first-order chi connectivity index (χ1) is 13.2. The Bertz CT molecular complexity index is 671. The standard InChI is InChI=1S/C25H39NO2/c1-18(2)11-8-12-20(5)13-9-14-21(6)15-10-16-22(7)17-23-26-24(19(3)4)25(27)28-23/h11,13,15-16,19,24H,8-10,12,14,17H2,1-7H3/b20-13?,21-15?,22-16+/t24-/m0/s1. The minimum Gasteiger partial charge on any atom is -0.410 e. The summed E-state index contributed by atoms with van der Waals surface area (Å²) in [7, 11) is 0. The number of carbonyl (C=O) groups excluding carboxylic acids is 1. The van der Waals surface area contributed by atoms with Crippen LogP contribution in [0.3, 0.4) is 0 Å². The van der Waals surface area contributed by atoms with E-state index in [1.165, 1.54) is 22.3 Å². The second-order valence-electron chi connectivity index (χ2n) is 8.56. The molecule has 1 heterocycles. The van der Waals surface area contributed by atoms with Crippen LogP contribution in [0.15, 0.2) is 51.6 Å². The Kier molecular flexibility index (Phi) is 10.8. The number of carbonyl (C=O) groups is 1. The van der Waals surface area contributed by atoms with Gasteiger partial charge in [-0.2, -0.15) is 0 Å². The van der Waals surface area contributed by atoms with Crippen LogP contribution in [0.25, 0.3) is 0 Å². The van der Waals surface area contributed by atoms with Gasteiger partial charge in [-0.1, -0.05) is 60.4 Å². The van der Waals surface area contributed by atoms with E-state index in [9.17, 15) is 4.79 Å². The highest BCUT2D eigenvalue weighted by atomic mass is 16.6. The average Bonchev–Trinajstić information content (AvgIpc) is 2.95. The number of ether oxygens (including phenoxy) is 1. The fourth-order valence-corrected chi connectivity index (χ4v) is 3.02. The summed E-state index contributed by atoms with van der Waals surface area (Å²) in [5.74, 6) is 0.536. The van der Waals surface area contributed by atoms with Gasteiger partial charge in [-0.3, -0.25) is 0 Å². The predicted octanol–water partition coefficient (Wildman–Crippen LogP) is 7.11. The van der Waals surface area contributed by atoms with Crippen LogP contribution in [0.5, 0.6) is 0 Å². The van der Waals surface area contributed by atoms with Crippen LogP contribution >= 0.6 is 0 Å². The molecule has 1 atom stereocenters. The summed E-state index contributed by atoms with van der Waals surface area (Å²) in [6.07, 6.45) is 15.2. The molecule has 1 aliphatic heterocycles. The Labute approximate surface area is 172 Å². The topological polar surface area (TPSA) is 38.7 Å². The van der Waals surface area contributed by atoms with Gasteiger partial charge in [0.05, 0.1) is 0 Å². The van der Waals surface area contributed by atoms with E-state index in [0.29, 0.717) is 12.3 Å².